The third kappa shape index (κ3) is 4.64. The van der Waals surface area contributed by atoms with Crippen molar-refractivity contribution >= 4 is 21.8 Å². The second kappa shape index (κ2) is 6.72. The smallest absolute Gasteiger partial charge is 0.351 e. The predicted octanol–water partition coefficient (Wildman–Crippen LogP) is 3.01. The molecule has 0 radical (unpaired) electrons. The first-order valence-corrected chi connectivity index (χ1v) is 6.44. The number of carbonyl (C=O) groups excluding carboxylic acids is 1. The zero-order chi connectivity index (χ0) is 13.6. The van der Waals surface area contributed by atoms with Crippen LogP contribution >= 0.6 is 15.9 Å². The lowest BCUT2D eigenvalue weighted by Crippen LogP contribution is -2.25. The highest BCUT2D eigenvalue weighted by Gasteiger charge is 2.30. The van der Waals surface area contributed by atoms with Crippen LogP contribution in [0.15, 0.2) is 18.3 Å². The van der Waals surface area contributed by atoms with Gasteiger partial charge in [0.15, 0.2) is 0 Å². The summed E-state index contributed by atoms with van der Waals surface area (Å²) < 4.78 is 36.8. The second-order valence-electron chi connectivity index (χ2n) is 3.58. The SMILES string of the molecule is O=C(NCCCCBr)c1ccc(C(F)(F)F)cn1. The van der Waals surface area contributed by atoms with Crippen LogP contribution in [-0.2, 0) is 6.18 Å². The van der Waals surface area contributed by atoms with Gasteiger partial charge in [-0.25, -0.2) is 0 Å². The van der Waals surface area contributed by atoms with Crippen molar-refractivity contribution in [2.45, 2.75) is 19.0 Å². The summed E-state index contributed by atoms with van der Waals surface area (Å²) in [6.07, 6.45) is -2.05. The molecule has 0 atom stereocenters. The maximum absolute atomic E-state index is 12.3. The Bertz CT molecular complexity index is 392. The summed E-state index contributed by atoms with van der Waals surface area (Å²) in [7, 11) is 0. The molecule has 1 aromatic rings. The van der Waals surface area contributed by atoms with E-state index in [1.54, 1.807) is 0 Å². The highest BCUT2D eigenvalue weighted by molar-refractivity contribution is 9.09. The van der Waals surface area contributed by atoms with Gasteiger partial charge in [-0.1, -0.05) is 15.9 Å². The van der Waals surface area contributed by atoms with E-state index in [-0.39, 0.29) is 5.69 Å². The van der Waals surface area contributed by atoms with E-state index in [1.807, 2.05) is 0 Å². The molecule has 0 spiro atoms. The lowest BCUT2D eigenvalue weighted by atomic mass is 10.2. The average molecular weight is 325 g/mol. The summed E-state index contributed by atoms with van der Waals surface area (Å²) in [5.74, 6) is -0.460. The fourth-order valence-corrected chi connectivity index (χ4v) is 1.60. The van der Waals surface area contributed by atoms with Crippen molar-refractivity contribution in [3.8, 4) is 0 Å². The number of nitrogens with one attached hydrogen (secondary N) is 1. The van der Waals surface area contributed by atoms with Gasteiger partial charge in [0.1, 0.15) is 5.69 Å². The molecule has 0 unspecified atom stereocenters. The molecule has 18 heavy (non-hydrogen) atoms. The van der Waals surface area contributed by atoms with Gasteiger partial charge in [0.05, 0.1) is 5.56 Å². The Hall–Kier alpha value is -1.11. The molecule has 0 aliphatic rings. The van der Waals surface area contributed by atoms with Gasteiger partial charge in [-0.15, -0.1) is 0 Å². The van der Waals surface area contributed by atoms with Crippen molar-refractivity contribution in [3.63, 3.8) is 0 Å². The largest absolute Gasteiger partial charge is 0.417 e. The summed E-state index contributed by atoms with van der Waals surface area (Å²) in [6, 6.07) is 1.92. The Morgan fingerprint density at radius 1 is 1.33 bits per heavy atom. The molecule has 0 aromatic carbocycles. The summed E-state index contributed by atoms with van der Waals surface area (Å²) >= 11 is 3.26. The van der Waals surface area contributed by atoms with Gasteiger partial charge in [0.2, 0.25) is 0 Å². The molecular weight excluding hydrogens is 313 g/mol. The quantitative estimate of drug-likeness (QED) is 0.668. The lowest BCUT2D eigenvalue weighted by Gasteiger charge is -2.07. The van der Waals surface area contributed by atoms with Crippen LogP contribution in [0.5, 0.6) is 0 Å². The third-order valence-electron chi connectivity index (χ3n) is 2.17. The van der Waals surface area contributed by atoms with Crippen LogP contribution in [0.1, 0.15) is 28.9 Å². The number of amides is 1. The molecule has 0 bridgehead atoms. The molecule has 3 nitrogen and oxygen atoms in total. The van der Waals surface area contributed by atoms with Crippen LogP contribution in [0, 0.1) is 0 Å². The monoisotopic (exact) mass is 324 g/mol. The predicted molar refractivity (Wildman–Crippen MR) is 64.6 cm³/mol. The van der Waals surface area contributed by atoms with E-state index in [4.69, 9.17) is 0 Å². The normalized spacial score (nSPS) is 11.3. The molecule has 1 N–H and O–H groups in total. The molecule has 1 rings (SSSR count). The van der Waals surface area contributed by atoms with Gasteiger partial charge in [0, 0.05) is 18.1 Å². The van der Waals surface area contributed by atoms with Crippen molar-refractivity contribution in [1.82, 2.24) is 10.3 Å². The van der Waals surface area contributed by atoms with Gasteiger partial charge < -0.3 is 5.32 Å². The van der Waals surface area contributed by atoms with Gasteiger partial charge >= 0.3 is 6.18 Å². The molecule has 100 valence electrons. The van der Waals surface area contributed by atoms with Gasteiger partial charge in [-0.05, 0) is 25.0 Å². The van der Waals surface area contributed by atoms with Crippen LogP contribution < -0.4 is 5.32 Å². The minimum Gasteiger partial charge on any atom is -0.351 e. The first-order chi connectivity index (χ1) is 8.45. The zero-order valence-corrected chi connectivity index (χ0v) is 11.0. The van der Waals surface area contributed by atoms with Crippen LogP contribution in [0.25, 0.3) is 0 Å². The van der Waals surface area contributed by atoms with Crippen molar-refractivity contribution in [2.24, 2.45) is 0 Å². The summed E-state index contributed by atoms with van der Waals surface area (Å²) in [5.41, 5.74) is -0.875. The number of carbonyl (C=O) groups is 1. The topological polar surface area (TPSA) is 42.0 Å². The van der Waals surface area contributed by atoms with Gasteiger partial charge in [-0.3, -0.25) is 9.78 Å². The number of unbranched alkanes of at least 4 members (excludes halogenated alkanes) is 1. The number of pyridine rings is 1. The molecule has 1 aromatic heterocycles. The maximum atomic E-state index is 12.3. The summed E-state index contributed by atoms with van der Waals surface area (Å²) in [6.45, 7) is 0.479. The Balaban J connectivity index is 2.54. The minimum atomic E-state index is -4.43. The van der Waals surface area contributed by atoms with Crippen molar-refractivity contribution in [1.29, 1.82) is 0 Å². The van der Waals surface area contributed by atoms with E-state index in [2.05, 4.69) is 26.2 Å². The van der Waals surface area contributed by atoms with E-state index in [0.717, 1.165) is 30.3 Å². The number of aromatic nitrogens is 1. The van der Waals surface area contributed by atoms with Crippen LogP contribution in [0.4, 0.5) is 13.2 Å². The third-order valence-corrected chi connectivity index (χ3v) is 2.73. The van der Waals surface area contributed by atoms with E-state index in [9.17, 15) is 18.0 Å². The molecule has 0 aliphatic heterocycles. The van der Waals surface area contributed by atoms with E-state index in [1.165, 1.54) is 0 Å². The van der Waals surface area contributed by atoms with Crippen molar-refractivity contribution < 1.29 is 18.0 Å². The van der Waals surface area contributed by atoms with E-state index >= 15 is 0 Å². The van der Waals surface area contributed by atoms with Crippen molar-refractivity contribution in [2.75, 3.05) is 11.9 Å². The first-order valence-electron chi connectivity index (χ1n) is 5.32. The van der Waals surface area contributed by atoms with E-state index < -0.39 is 17.6 Å². The highest BCUT2D eigenvalue weighted by atomic mass is 79.9. The minimum absolute atomic E-state index is 0.0122. The van der Waals surface area contributed by atoms with Gasteiger partial charge in [0.25, 0.3) is 5.91 Å². The Labute approximate surface area is 111 Å². The lowest BCUT2D eigenvalue weighted by molar-refractivity contribution is -0.137. The molecule has 0 saturated heterocycles. The second-order valence-corrected chi connectivity index (χ2v) is 4.37. The van der Waals surface area contributed by atoms with Crippen molar-refractivity contribution in [3.05, 3.63) is 29.6 Å². The molecule has 0 fully saturated rings. The number of halogens is 4. The Morgan fingerprint density at radius 3 is 2.56 bits per heavy atom. The maximum Gasteiger partial charge on any atom is 0.417 e. The average Bonchev–Trinajstić information content (AvgIpc) is 2.33. The molecule has 0 aliphatic carbocycles. The van der Waals surface area contributed by atoms with E-state index in [0.29, 0.717) is 12.7 Å². The molecule has 1 heterocycles. The fourth-order valence-electron chi connectivity index (χ4n) is 1.21. The van der Waals surface area contributed by atoms with Crippen LogP contribution in [-0.4, -0.2) is 22.8 Å². The first kappa shape index (κ1) is 14.9. The van der Waals surface area contributed by atoms with Crippen LogP contribution in [0.3, 0.4) is 0 Å². The molecule has 0 saturated carbocycles. The summed E-state index contributed by atoms with van der Waals surface area (Å²) in [4.78, 5) is 15.0. The Morgan fingerprint density at radius 2 is 2.06 bits per heavy atom. The molecule has 7 heteroatoms. The highest BCUT2D eigenvalue weighted by Crippen LogP contribution is 2.28. The number of hydrogen-bond acceptors (Lipinski definition) is 2. The van der Waals surface area contributed by atoms with Crippen LogP contribution in [0.2, 0.25) is 0 Å². The number of alkyl halides is 4. The van der Waals surface area contributed by atoms with Gasteiger partial charge in [-0.2, -0.15) is 13.2 Å². The standard InChI is InChI=1S/C11H12BrF3N2O/c12-5-1-2-6-16-10(18)9-4-3-8(7-17-9)11(13,14)15/h3-4,7H,1-2,5-6H2,(H,16,18). The number of rotatable bonds is 5. The molecule has 1 amide bonds. The number of nitrogens with zero attached hydrogens (tertiary/aromatic N) is 1. The summed E-state index contributed by atoms with van der Waals surface area (Å²) in [5, 5.41) is 3.44. The molecular formula is C11H12BrF3N2O. The fraction of sp³-hybridized carbons (Fsp3) is 0.455. The Kier molecular flexibility index (Phi) is 5.58. The zero-order valence-electron chi connectivity index (χ0n) is 9.43. The number of hydrogen-bond donors (Lipinski definition) is 1.